The van der Waals surface area contributed by atoms with E-state index in [4.69, 9.17) is 11.6 Å². The minimum absolute atomic E-state index is 0.0718. The van der Waals surface area contributed by atoms with Crippen molar-refractivity contribution in [1.29, 1.82) is 0 Å². The van der Waals surface area contributed by atoms with Crippen LogP contribution in [0.2, 0.25) is 5.02 Å². The number of carbonyl (C=O) groups excluding carboxylic acids is 1. The summed E-state index contributed by atoms with van der Waals surface area (Å²) in [4.78, 5) is 15.1. The van der Waals surface area contributed by atoms with Crippen LogP contribution in [0.3, 0.4) is 0 Å². The van der Waals surface area contributed by atoms with Crippen molar-refractivity contribution in [2.45, 2.75) is 49.6 Å². The van der Waals surface area contributed by atoms with Crippen molar-refractivity contribution < 1.29 is 17.6 Å². The summed E-state index contributed by atoms with van der Waals surface area (Å²) in [7, 11) is -3.91. The zero-order valence-electron chi connectivity index (χ0n) is 17.4. The van der Waals surface area contributed by atoms with Crippen LogP contribution < -0.4 is 0 Å². The molecule has 1 saturated heterocycles. The summed E-state index contributed by atoms with van der Waals surface area (Å²) in [6, 6.07) is 13.1. The summed E-state index contributed by atoms with van der Waals surface area (Å²) >= 11 is 6.00. The van der Waals surface area contributed by atoms with Gasteiger partial charge in [-0.15, -0.1) is 0 Å². The number of rotatable bonds is 6. The predicted molar refractivity (Wildman–Crippen MR) is 118 cm³/mol. The van der Waals surface area contributed by atoms with E-state index in [2.05, 4.69) is 0 Å². The number of hydrogen-bond donors (Lipinski definition) is 0. The highest BCUT2D eigenvalue weighted by atomic mass is 35.5. The fourth-order valence-corrected chi connectivity index (χ4v) is 5.95. The molecule has 2 fully saturated rings. The van der Waals surface area contributed by atoms with Crippen molar-refractivity contribution in [2.24, 2.45) is 5.92 Å². The number of piperidine rings is 1. The van der Waals surface area contributed by atoms with Crippen LogP contribution in [0, 0.1) is 11.7 Å². The van der Waals surface area contributed by atoms with E-state index in [-0.39, 0.29) is 41.9 Å². The molecule has 4 rings (SSSR count). The first-order valence-corrected chi connectivity index (χ1v) is 12.4. The molecule has 1 unspecified atom stereocenters. The van der Waals surface area contributed by atoms with Crippen LogP contribution in [0.5, 0.6) is 0 Å². The van der Waals surface area contributed by atoms with E-state index in [1.54, 1.807) is 0 Å². The Morgan fingerprint density at radius 3 is 2.26 bits per heavy atom. The lowest BCUT2D eigenvalue weighted by Gasteiger charge is -2.36. The fourth-order valence-electron chi connectivity index (χ4n) is 4.29. The van der Waals surface area contributed by atoms with Crippen molar-refractivity contribution in [3.05, 3.63) is 64.9 Å². The third kappa shape index (κ3) is 4.64. The highest BCUT2D eigenvalue weighted by molar-refractivity contribution is 7.89. The first kappa shape index (κ1) is 22.2. The molecule has 8 heteroatoms. The maximum atomic E-state index is 14.0. The van der Waals surface area contributed by atoms with E-state index >= 15 is 0 Å². The molecular weight excluding hydrogens is 439 g/mol. The van der Waals surface area contributed by atoms with Gasteiger partial charge in [-0.1, -0.05) is 35.9 Å². The number of benzene rings is 2. The summed E-state index contributed by atoms with van der Waals surface area (Å²) in [5.74, 6) is -0.910. The summed E-state index contributed by atoms with van der Waals surface area (Å²) < 4.78 is 41.0. The molecule has 0 radical (unpaired) electrons. The van der Waals surface area contributed by atoms with Gasteiger partial charge in [-0.05, 0) is 62.4 Å². The largest absolute Gasteiger partial charge is 0.333 e. The molecule has 1 atom stereocenters. The van der Waals surface area contributed by atoms with Gasteiger partial charge in [0.15, 0.2) is 0 Å². The molecule has 2 aromatic rings. The maximum absolute atomic E-state index is 14.0. The molecule has 2 aromatic carbocycles. The Labute approximate surface area is 187 Å². The van der Waals surface area contributed by atoms with Crippen LogP contribution in [0.25, 0.3) is 0 Å². The molecule has 0 spiro atoms. The summed E-state index contributed by atoms with van der Waals surface area (Å²) in [6.07, 6.45) is 2.85. The molecule has 1 amide bonds. The zero-order chi connectivity index (χ0) is 22.2. The Hall–Kier alpha value is -1.96. The van der Waals surface area contributed by atoms with Crippen molar-refractivity contribution >= 4 is 27.5 Å². The van der Waals surface area contributed by atoms with Crippen LogP contribution in [0.4, 0.5) is 4.39 Å². The molecule has 2 aliphatic rings. The van der Waals surface area contributed by atoms with Gasteiger partial charge in [0.2, 0.25) is 15.9 Å². The van der Waals surface area contributed by atoms with Crippen molar-refractivity contribution in [1.82, 2.24) is 9.21 Å². The third-order valence-electron chi connectivity index (χ3n) is 6.22. The molecule has 1 aliphatic carbocycles. The molecule has 1 saturated carbocycles. The van der Waals surface area contributed by atoms with Crippen LogP contribution in [-0.2, 0) is 14.8 Å². The van der Waals surface area contributed by atoms with E-state index in [1.807, 2.05) is 36.1 Å². The van der Waals surface area contributed by atoms with Gasteiger partial charge in [-0.25, -0.2) is 12.8 Å². The molecule has 166 valence electrons. The number of carbonyl (C=O) groups is 1. The average molecular weight is 465 g/mol. The first-order valence-electron chi connectivity index (χ1n) is 10.6. The number of sulfonamides is 1. The fraction of sp³-hybridized carbons (Fsp3) is 0.435. The third-order valence-corrected chi connectivity index (χ3v) is 8.41. The lowest BCUT2D eigenvalue weighted by molar-refractivity contribution is -0.139. The molecule has 0 bridgehead atoms. The number of halogens is 2. The van der Waals surface area contributed by atoms with Gasteiger partial charge in [0.1, 0.15) is 10.7 Å². The molecule has 5 nitrogen and oxygen atoms in total. The first-order chi connectivity index (χ1) is 14.8. The lowest BCUT2D eigenvalue weighted by Crippen LogP contribution is -2.45. The molecule has 1 aliphatic heterocycles. The second-order valence-corrected chi connectivity index (χ2v) is 10.7. The van der Waals surface area contributed by atoms with Gasteiger partial charge in [-0.3, -0.25) is 4.79 Å². The Morgan fingerprint density at radius 1 is 1.06 bits per heavy atom. The van der Waals surface area contributed by atoms with Crippen LogP contribution >= 0.6 is 11.6 Å². The molecule has 1 heterocycles. The maximum Gasteiger partial charge on any atom is 0.245 e. The summed E-state index contributed by atoms with van der Waals surface area (Å²) in [5, 5.41) is 0.656. The average Bonchev–Trinajstić information content (AvgIpc) is 3.59. The second-order valence-electron chi connectivity index (χ2n) is 8.31. The van der Waals surface area contributed by atoms with Crippen LogP contribution in [0.1, 0.15) is 44.2 Å². The monoisotopic (exact) mass is 464 g/mol. The van der Waals surface area contributed by atoms with Gasteiger partial charge in [0, 0.05) is 30.1 Å². The molecule has 31 heavy (non-hydrogen) atoms. The second kappa shape index (κ2) is 8.88. The van der Waals surface area contributed by atoms with Crippen molar-refractivity contribution in [2.75, 3.05) is 13.1 Å². The van der Waals surface area contributed by atoms with E-state index in [0.717, 1.165) is 24.5 Å². The van der Waals surface area contributed by atoms with Gasteiger partial charge in [-0.2, -0.15) is 4.31 Å². The zero-order valence-corrected chi connectivity index (χ0v) is 18.9. The van der Waals surface area contributed by atoms with Gasteiger partial charge in [0.25, 0.3) is 0 Å². The van der Waals surface area contributed by atoms with Gasteiger partial charge >= 0.3 is 0 Å². The number of amides is 1. The smallest absolute Gasteiger partial charge is 0.245 e. The Balaban J connectivity index is 1.45. The SMILES string of the molecule is CC(c1ccc(Cl)cc1)N(C(=O)C1CCN(S(=O)(=O)c2ccccc2F)CC1)C1CC1. The Kier molecular flexibility index (Phi) is 6.37. The molecule has 0 N–H and O–H groups in total. The van der Waals surface area contributed by atoms with Crippen molar-refractivity contribution in [3.63, 3.8) is 0 Å². The van der Waals surface area contributed by atoms with E-state index < -0.39 is 15.8 Å². The number of hydrogen-bond acceptors (Lipinski definition) is 3. The summed E-state index contributed by atoms with van der Waals surface area (Å²) in [5.41, 5.74) is 1.03. The minimum atomic E-state index is -3.91. The Morgan fingerprint density at radius 2 is 1.68 bits per heavy atom. The standard InChI is InChI=1S/C23H26ClFN2O3S/c1-16(17-6-8-19(24)9-7-17)27(20-10-11-20)23(28)18-12-14-26(15-13-18)31(29,30)22-5-3-2-4-21(22)25/h2-9,16,18,20H,10-15H2,1H3. The summed E-state index contributed by atoms with van der Waals surface area (Å²) in [6.45, 7) is 2.44. The van der Waals surface area contributed by atoms with Gasteiger partial charge < -0.3 is 4.90 Å². The lowest BCUT2D eigenvalue weighted by atomic mass is 9.95. The topological polar surface area (TPSA) is 57.7 Å². The minimum Gasteiger partial charge on any atom is -0.333 e. The van der Waals surface area contributed by atoms with E-state index in [1.165, 1.54) is 22.5 Å². The highest BCUT2D eigenvalue weighted by Gasteiger charge is 2.41. The quantitative estimate of drug-likeness (QED) is 0.626. The number of nitrogens with zero attached hydrogens (tertiary/aromatic N) is 2. The Bertz CT molecular complexity index is 1050. The molecular formula is C23H26ClFN2O3S. The normalized spacial score (nSPS) is 19.2. The van der Waals surface area contributed by atoms with Crippen LogP contribution in [-0.4, -0.2) is 42.7 Å². The highest BCUT2D eigenvalue weighted by Crippen LogP contribution is 2.37. The van der Waals surface area contributed by atoms with E-state index in [0.29, 0.717) is 17.9 Å². The predicted octanol–water partition coefficient (Wildman–Crippen LogP) is 4.63. The van der Waals surface area contributed by atoms with Crippen molar-refractivity contribution in [3.8, 4) is 0 Å². The van der Waals surface area contributed by atoms with Crippen LogP contribution in [0.15, 0.2) is 53.4 Å². The van der Waals surface area contributed by atoms with E-state index in [9.17, 15) is 17.6 Å². The van der Waals surface area contributed by atoms with Gasteiger partial charge in [0.05, 0.1) is 6.04 Å². The molecule has 0 aromatic heterocycles.